The molecule has 1 aliphatic rings. The molecule has 2 unspecified atom stereocenters. The summed E-state index contributed by atoms with van der Waals surface area (Å²) in [4.78, 5) is 26.2. The molecule has 0 aliphatic carbocycles. The number of amides is 1. The number of hydrogen-bond acceptors (Lipinski definition) is 5. The van der Waals surface area contributed by atoms with E-state index in [0.717, 1.165) is 23.1 Å². The first kappa shape index (κ1) is 25.7. The van der Waals surface area contributed by atoms with Crippen LogP contribution in [-0.4, -0.2) is 48.9 Å². The lowest BCUT2D eigenvalue weighted by molar-refractivity contribution is -0.139. The van der Waals surface area contributed by atoms with Gasteiger partial charge in [-0.15, -0.1) is 0 Å². The van der Waals surface area contributed by atoms with Crippen molar-refractivity contribution in [2.75, 3.05) is 20.2 Å². The van der Waals surface area contributed by atoms with Gasteiger partial charge < -0.3 is 19.1 Å². The van der Waals surface area contributed by atoms with Crippen molar-refractivity contribution in [1.29, 1.82) is 0 Å². The number of esters is 1. The fraction of sp³-hybridized carbons (Fsp3) is 0.400. The number of ether oxygens (including phenoxy) is 3. The topological polar surface area (TPSA) is 65.1 Å². The van der Waals surface area contributed by atoms with Crippen LogP contribution in [0.5, 0.6) is 0 Å². The van der Waals surface area contributed by atoms with Crippen LogP contribution < -0.4 is 0 Å². The Labute approximate surface area is 213 Å². The molecule has 2 atom stereocenters. The van der Waals surface area contributed by atoms with Crippen LogP contribution in [0, 0.1) is 0 Å². The zero-order chi connectivity index (χ0) is 25.7. The van der Waals surface area contributed by atoms with Crippen LogP contribution >= 0.6 is 0 Å². The molecule has 36 heavy (non-hydrogen) atoms. The second-order valence-corrected chi connectivity index (χ2v) is 10.3. The molecule has 1 fully saturated rings. The number of hydrogen-bond donors (Lipinski definition) is 0. The second-order valence-electron chi connectivity index (χ2n) is 10.3. The van der Waals surface area contributed by atoms with Gasteiger partial charge in [0.15, 0.2) is 0 Å². The van der Waals surface area contributed by atoms with Crippen molar-refractivity contribution in [3.63, 3.8) is 0 Å². The molecule has 0 aromatic heterocycles. The summed E-state index contributed by atoms with van der Waals surface area (Å²) in [5.74, 6) is -0.138. The number of likely N-dealkylation sites (tertiary alicyclic amines) is 1. The van der Waals surface area contributed by atoms with Gasteiger partial charge in [-0.2, -0.15) is 0 Å². The third-order valence-corrected chi connectivity index (χ3v) is 6.47. The maximum absolute atomic E-state index is 12.8. The second kappa shape index (κ2) is 11.1. The fourth-order valence-electron chi connectivity index (χ4n) is 4.61. The average Bonchev–Trinajstić information content (AvgIpc) is 2.86. The average molecular weight is 490 g/mol. The molecule has 4 rings (SSSR count). The standard InChI is InChI=1S/C30H35NO5/c1-30(2,3)36-29(33)31-16-15-26(24-13-9-21(10-14-24)18-28(32)34-4)27(19-31)35-20-22-11-12-23-7-5-6-8-25(23)17-22/h5-14,17,26-27H,15-16,18-20H2,1-4H3. The summed E-state index contributed by atoms with van der Waals surface area (Å²) in [6, 6.07) is 22.7. The van der Waals surface area contributed by atoms with E-state index in [4.69, 9.17) is 14.2 Å². The van der Waals surface area contributed by atoms with E-state index in [-0.39, 0.29) is 30.5 Å². The Morgan fingerprint density at radius 1 is 0.944 bits per heavy atom. The lowest BCUT2D eigenvalue weighted by Gasteiger charge is -2.39. The Kier molecular flexibility index (Phi) is 7.94. The minimum absolute atomic E-state index is 0.122. The van der Waals surface area contributed by atoms with Crippen LogP contribution in [0.15, 0.2) is 66.7 Å². The number of methoxy groups -OCH3 is 1. The van der Waals surface area contributed by atoms with E-state index in [9.17, 15) is 9.59 Å². The fourth-order valence-corrected chi connectivity index (χ4v) is 4.61. The zero-order valence-electron chi connectivity index (χ0n) is 21.5. The lowest BCUT2D eigenvalue weighted by Crippen LogP contribution is -2.48. The molecular formula is C30H35NO5. The number of carbonyl (C=O) groups excluding carboxylic acids is 2. The Morgan fingerprint density at radius 2 is 1.64 bits per heavy atom. The zero-order valence-corrected chi connectivity index (χ0v) is 21.5. The van der Waals surface area contributed by atoms with Crippen molar-refractivity contribution in [2.24, 2.45) is 0 Å². The van der Waals surface area contributed by atoms with Gasteiger partial charge in [0.1, 0.15) is 5.60 Å². The number of fused-ring (bicyclic) bond motifs is 1. The van der Waals surface area contributed by atoms with Gasteiger partial charge in [0.25, 0.3) is 0 Å². The van der Waals surface area contributed by atoms with E-state index in [1.165, 1.54) is 17.9 Å². The van der Waals surface area contributed by atoms with Gasteiger partial charge in [0, 0.05) is 12.5 Å². The van der Waals surface area contributed by atoms with Crippen molar-refractivity contribution >= 4 is 22.8 Å². The van der Waals surface area contributed by atoms with E-state index in [1.807, 2.05) is 45.0 Å². The first-order valence-corrected chi connectivity index (χ1v) is 12.4. The molecule has 3 aromatic carbocycles. The smallest absolute Gasteiger partial charge is 0.410 e. The molecule has 1 heterocycles. The van der Waals surface area contributed by atoms with Crippen molar-refractivity contribution in [1.82, 2.24) is 4.90 Å². The monoisotopic (exact) mass is 489 g/mol. The van der Waals surface area contributed by atoms with Gasteiger partial charge in [-0.3, -0.25) is 4.79 Å². The summed E-state index contributed by atoms with van der Waals surface area (Å²) in [6.45, 7) is 7.13. The molecular weight excluding hydrogens is 454 g/mol. The van der Waals surface area contributed by atoms with E-state index < -0.39 is 5.60 Å². The highest BCUT2D eigenvalue weighted by molar-refractivity contribution is 5.83. The van der Waals surface area contributed by atoms with Gasteiger partial charge in [0.2, 0.25) is 0 Å². The first-order valence-electron chi connectivity index (χ1n) is 12.4. The highest BCUT2D eigenvalue weighted by atomic mass is 16.6. The summed E-state index contributed by atoms with van der Waals surface area (Å²) in [5.41, 5.74) is 2.59. The molecule has 6 heteroatoms. The van der Waals surface area contributed by atoms with Gasteiger partial charge in [0.05, 0.1) is 32.8 Å². The Bertz CT molecular complexity index is 1200. The summed E-state index contributed by atoms with van der Waals surface area (Å²) in [6.07, 6.45) is 0.506. The van der Waals surface area contributed by atoms with Gasteiger partial charge >= 0.3 is 12.1 Å². The third kappa shape index (κ3) is 6.64. The summed E-state index contributed by atoms with van der Waals surface area (Å²) >= 11 is 0. The summed E-state index contributed by atoms with van der Waals surface area (Å²) in [7, 11) is 1.40. The molecule has 1 saturated heterocycles. The molecule has 0 spiro atoms. The van der Waals surface area contributed by atoms with Crippen LogP contribution in [0.2, 0.25) is 0 Å². The maximum atomic E-state index is 12.8. The van der Waals surface area contributed by atoms with Crippen LogP contribution in [0.3, 0.4) is 0 Å². The highest BCUT2D eigenvalue weighted by Crippen LogP contribution is 2.32. The molecule has 3 aromatic rings. The lowest BCUT2D eigenvalue weighted by atomic mass is 9.86. The molecule has 0 radical (unpaired) electrons. The predicted octanol–water partition coefficient (Wildman–Crippen LogP) is 5.87. The number of piperidine rings is 1. The minimum atomic E-state index is -0.551. The molecule has 6 nitrogen and oxygen atoms in total. The molecule has 190 valence electrons. The number of rotatable bonds is 6. The van der Waals surface area contributed by atoms with E-state index in [0.29, 0.717) is 19.7 Å². The number of carbonyl (C=O) groups is 2. The number of nitrogens with zero attached hydrogens (tertiary/aromatic N) is 1. The van der Waals surface area contributed by atoms with Gasteiger partial charge in [-0.25, -0.2) is 4.79 Å². The molecule has 1 amide bonds. The molecule has 0 bridgehead atoms. The van der Waals surface area contributed by atoms with Crippen LogP contribution in [0.4, 0.5) is 4.79 Å². The van der Waals surface area contributed by atoms with Crippen molar-refractivity contribution in [3.05, 3.63) is 83.4 Å². The van der Waals surface area contributed by atoms with Gasteiger partial charge in [-0.05, 0) is 60.7 Å². The quantitative estimate of drug-likeness (QED) is 0.406. The van der Waals surface area contributed by atoms with Crippen LogP contribution in [-0.2, 0) is 32.0 Å². The molecule has 1 aliphatic heterocycles. The minimum Gasteiger partial charge on any atom is -0.469 e. The van der Waals surface area contributed by atoms with Crippen molar-refractivity contribution in [2.45, 2.75) is 57.8 Å². The first-order chi connectivity index (χ1) is 17.2. The SMILES string of the molecule is COC(=O)Cc1ccc(C2CCN(C(=O)OC(C)(C)C)CC2OCc2ccc3ccccc3c2)cc1. The van der Waals surface area contributed by atoms with Gasteiger partial charge in [-0.1, -0.05) is 60.7 Å². The Balaban J connectivity index is 1.51. The Morgan fingerprint density at radius 3 is 2.33 bits per heavy atom. The summed E-state index contributed by atoms with van der Waals surface area (Å²) < 4.78 is 16.9. The molecule has 0 saturated carbocycles. The van der Waals surface area contributed by atoms with E-state index >= 15 is 0 Å². The number of benzene rings is 3. The van der Waals surface area contributed by atoms with Crippen molar-refractivity contribution in [3.8, 4) is 0 Å². The maximum Gasteiger partial charge on any atom is 0.410 e. The van der Waals surface area contributed by atoms with Crippen LogP contribution in [0.1, 0.15) is 49.8 Å². The van der Waals surface area contributed by atoms with Crippen molar-refractivity contribution < 1.29 is 23.8 Å². The highest BCUT2D eigenvalue weighted by Gasteiger charge is 2.35. The van der Waals surface area contributed by atoms with E-state index in [1.54, 1.807) is 4.90 Å². The Hall–Kier alpha value is -3.38. The summed E-state index contributed by atoms with van der Waals surface area (Å²) in [5, 5.41) is 2.37. The normalized spacial score (nSPS) is 18.2. The largest absolute Gasteiger partial charge is 0.469 e. The predicted molar refractivity (Wildman–Crippen MR) is 140 cm³/mol. The molecule has 0 N–H and O–H groups in total. The van der Waals surface area contributed by atoms with Crippen LogP contribution in [0.25, 0.3) is 10.8 Å². The third-order valence-electron chi connectivity index (χ3n) is 6.47. The van der Waals surface area contributed by atoms with E-state index in [2.05, 4.69) is 42.5 Å².